The molecule has 0 spiro atoms. The number of likely N-dealkylation sites (tertiary alicyclic amines) is 1. The Labute approximate surface area is 199 Å². The van der Waals surface area contributed by atoms with Crippen LogP contribution in [0.3, 0.4) is 0 Å². The maximum absolute atomic E-state index is 13.1. The van der Waals surface area contributed by atoms with Gasteiger partial charge in [0.1, 0.15) is 6.04 Å². The first-order chi connectivity index (χ1) is 15.9. The van der Waals surface area contributed by atoms with E-state index in [4.69, 9.17) is 4.74 Å². The molecule has 0 bridgehead atoms. The summed E-state index contributed by atoms with van der Waals surface area (Å²) in [4.78, 5) is 52.6. The van der Waals surface area contributed by atoms with E-state index in [1.54, 1.807) is 24.3 Å². The maximum Gasteiger partial charge on any atom is 0.330 e. The van der Waals surface area contributed by atoms with Gasteiger partial charge in [-0.2, -0.15) is 0 Å². The van der Waals surface area contributed by atoms with E-state index in [0.29, 0.717) is 18.5 Å². The minimum Gasteiger partial charge on any atom is -0.454 e. The SMILES string of the molecule is O=C(COC(=O)[C@H](Cc1ccccc1)N1C(=O)[C@H]2CC=CC[C@@H]2C1=O)Nc1ccc(Br)cc1. The van der Waals surface area contributed by atoms with Crippen LogP contribution in [0, 0.1) is 11.8 Å². The predicted octanol–water partition coefficient (Wildman–Crippen LogP) is 3.49. The van der Waals surface area contributed by atoms with E-state index in [0.717, 1.165) is 14.9 Å². The number of carbonyl (C=O) groups excluding carboxylic acids is 4. The van der Waals surface area contributed by atoms with E-state index >= 15 is 0 Å². The number of hydrogen-bond donors (Lipinski definition) is 1. The fourth-order valence-electron chi connectivity index (χ4n) is 4.21. The summed E-state index contributed by atoms with van der Waals surface area (Å²) in [6.07, 6.45) is 4.88. The molecule has 4 rings (SSSR count). The summed E-state index contributed by atoms with van der Waals surface area (Å²) in [6.45, 7) is -0.523. The zero-order chi connectivity index (χ0) is 23.4. The van der Waals surface area contributed by atoms with Gasteiger partial charge < -0.3 is 10.1 Å². The summed E-state index contributed by atoms with van der Waals surface area (Å²) < 4.78 is 6.14. The second kappa shape index (κ2) is 10.1. The quantitative estimate of drug-likeness (QED) is 0.349. The van der Waals surface area contributed by atoms with E-state index in [2.05, 4.69) is 21.2 Å². The number of esters is 1. The number of anilines is 1. The molecule has 1 aliphatic heterocycles. The van der Waals surface area contributed by atoms with Crippen LogP contribution in [-0.2, 0) is 30.3 Å². The van der Waals surface area contributed by atoms with Crippen molar-refractivity contribution in [2.45, 2.75) is 25.3 Å². The van der Waals surface area contributed by atoms with Crippen LogP contribution in [0.1, 0.15) is 18.4 Å². The van der Waals surface area contributed by atoms with Gasteiger partial charge in [0.2, 0.25) is 11.8 Å². The fraction of sp³-hybridized carbons (Fsp3) is 0.280. The average Bonchev–Trinajstić information content (AvgIpc) is 3.08. The number of amides is 3. The molecule has 3 amide bonds. The van der Waals surface area contributed by atoms with E-state index < -0.39 is 36.4 Å². The highest BCUT2D eigenvalue weighted by Crippen LogP contribution is 2.36. The normalized spacial score (nSPS) is 20.3. The molecule has 170 valence electrons. The second-order valence-corrected chi connectivity index (χ2v) is 8.99. The summed E-state index contributed by atoms with van der Waals surface area (Å²) in [7, 11) is 0. The van der Waals surface area contributed by atoms with E-state index in [1.165, 1.54) is 0 Å². The molecule has 2 aromatic rings. The van der Waals surface area contributed by atoms with Crippen molar-refractivity contribution in [2.24, 2.45) is 11.8 Å². The zero-order valence-corrected chi connectivity index (χ0v) is 19.4. The average molecular weight is 511 g/mol. The number of fused-ring (bicyclic) bond motifs is 1. The maximum atomic E-state index is 13.1. The Hall–Kier alpha value is -3.26. The molecular weight excluding hydrogens is 488 g/mol. The van der Waals surface area contributed by atoms with Crippen molar-refractivity contribution in [1.82, 2.24) is 4.90 Å². The topological polar surface area (TPSA) is 92.8 Å². The molecule has 0 radical (unpaired) electrons. The van der Waals surface area contributed by atoms with Crippen molar-refractivity contribution in [3.05, 3.63) is 76.8 Å². The molecule has 8 heteroatoms. The van der Waals surface area contributed by atoms with Crippen LogP contribution < -0.4 is 5.32 Å². The molecule has 3 atom stereocenters. The summed E-state index contributed by atoms with van der Waals surface area (Å²) in [5.74, 6) is -2.90. The molecule has 0 saturated carbocycles. The van der Waals surface area contributed by atoms with Gasteiger partial charge in [-0.15, -0.1) is 0 Å². The molecule has 0 unspecified atom stereocenters. The lowest BCUT2D eigenvalue weighted by Crippen LogP contribution is -2.48. The fourth-order valence-corrected chi connectivity index (χ4v) is 4.48. The molecule has 1 fully saturated rings. The van der Waals surface area contributed by atoms with Gasteiger partial charge in [0.25, 0.3) is 5.91 Å². The van der Waals surface area contributed by atoms with Crippen LogP contribution in [0.2, 0.25) is 0 Å². The Morgan fingerprint density at radius 3 is 2.18 bits per heavy atom. The van der Waals surface area contributed by atoms with Gasteiger partial charge in [-0.1, -0.05) is 58.4 Å². The number of nitrogens with one attached hydrogen (secondary N) is 1. The molecule has 1 N–H and O–H groups in total. The Morgan fingerprint density at radius 1 is 0.970 bits per heavy atom. The number of nitrogens with zero attached hydrogens (tertiary/aromatic N) is 1. The van der Waals surface area contributed by atoms with Crippen molar-refractivity contribution in [3.63, 3.8) is 0 Å². The number of benzene rings is 2. The van der Waals surface area contributed by atoms with Crippen LogP contribution in [0.15, 0.2) is 71.2 Å². The lowest BCUT2D eigenvalue weighted by molar-refractivity contribution is -0.159. The van der Waals surface area contributed by atoms with Gasteiger partial charge >= 0.3 is 5.97 Å². The van der Waals surface area contributed by atoms with E-state index in [1.807, 2.05) is 42.5 Å². The molecule has 0 aromatic heterocycles. The molecule has 33 heavy (non-hydrogen) atoms. The predicted molar refractivity (Wildman–Crippen MR) is 125 cm³/mol. The third-order valence-electron chi connectivity index (χ3n) is 5.87. The number of imide groups is 1. The first-order valence-electron chi connectivity index (χ1n) is 10.7. The lowest BCUT2D eigenvalue weighted by atomic mass is 9.85. The lowest BCUT2D eigenvalue weighted by Gasteiger charge is -2.25. The minimum absolute atomic E-state index is 0.123. The van der Waals surface area contributed by atoms with Gasteiger partial charge in [0, 0.05) is 16.6 Å². The molecule has 7 nitrogen and oxygen atoms in total. The zero-order valence-electron chi connectivity index (χ0n) is 17.8. The third-order valence-corrected chi connectivity index (χ3v) is 6.40. The molecule has 1 saturated heterocycles. The van der Waals surface area contributed by atoms with Crippen molar-refractivity contribution >= 4 is 45.3 Å². The number of hydrogen-bond acceptors (Lipinski definition) is 5. The number of halogens is 1. The molecular formula is C25H23BrN2O5. The highest BCUT2D eigenvalue weighted by atomic mass is 79.9. The van der Waals surface area contributed by atoms with Gasteiger partial charge in [-0.05, 0) is 42.7 Å². The first kappa shape index (κ1) is 22.9. The van der Waals surface area contributed by atoms with Crippen LogP contribution in [0.4, 0.5) is 5.69 Å². The Kier molecular flexibility index (Phi) is 7.03. The Bertz CT molecular complexity index is 1060. The summed E-state index contributed by atoms with van der Waals surface area (Å²) >= 11 is 3.32. The van der Waals surface area contributed by atoms with Crippen LogP contribution in [0.25, 0.3) is 0 Å². The Morgan fingerprint density at radius 2 is 1.58 bits per heavy atom. The molecule has 1 heterocycles. The van der Waals surface area contributed by atoms with Crippen LogP contribution in [0.5, 0.6) is 0 Å². The van der Waals surface area contributed by atoms with E-state index in [-0.39, 0.29) is 18.2 Å². The van der Waals surface area contributed by atoms with E-state index in [9.17, 15) is 19.2 Å². The monoisotopic (exact) mass is 510 g/mol. The van der Waals surface area contributed by atoms with Gasteiger partial charge in [0.15, 0.2) is 6.61 Å². The Balaban J connectivity index is 1.48. The highest BCUT2D eigenvalue weighted by Gasteiger charge is 2.51. The van der Waals surface area contributed by atoms with Crippen LogP contribution in [-0.4, -0.2) is 41.2 Å². The second-order valence-electron chi connectivity index (χ2n) is 8.07. The number of ether oxygens (including phenoxy) is 1. The molecule has 2 aromatic carbocycles. The smallest absolute Gasteiger partial charge is 0.330 e. The number of allylic oxidation sites excluding steroid dienone is 2. The summed E-state index contributed by atoms with van der Waals surface area (Å²) in [5, 5.41) is 2.65. The largest absolute Gasteiger partial charge is 0.454 e. The highest BCUT2D eigenvalue weighted by molar-refractivity contribution is 9.10. The first-order valence-corrected chi connectivity index (χ1v) is 11.5. The van der Waals surface area contributed by atoms with Crippen LogP contribution >= 0.6 is 15.9 Å². The minimum atomic E-state index is -1.13. The third kappa shape index (κ3) is 5.22. The molecule has 1 aliphatic carbocycles. The number of carbonyl (C=O) groups is 4. The van der Waals surface area contributed by atoms with Crippen molar-refractivity contribution < 1.29 is 23.9 Å². The van der Waals surface area contributed by atoms with Crippen molar-refractivity contribution in [1.29, 1.82) is 0 Å². The van der Waals surface area contributed by atoms with Gasteiger partial charge in [-0.3, -0.25) is 19.3 Å². The van der Waals surface area contributed by atoms with Gasteiger partial charge in [-0.25, -0.2) is 4.79 Å². The summed E-state index contributed by atoms with van der Waals surface area (Å²) in [5.41, 5.74) is 1.34. The van der Waals surface area contributed by atoms with Gasteiger partial charge in [0.05, 0.1) is 11.8 Å². The summed E-state index contributed by atoms with van der Waals surface area (Å²) in [6, 6.07) is 15.0. The standard InChI is InChI=1S/C25H23BrN2O5/c26-17-10-12-18(13-11-17)27-22(29)15-33-25(32)21(14-16-6-2-1-3-7-16)28-23(30)19-8-4-5-9-20(19)24(28)31/h1-7,10-13,19-21H,8-9,14-15H2,(H,27,29)/t19-,20-,21-/m0/s1. The van der Waals surface area contributed by atoms with Crippen molar-refractivity contribution in [3.8, 4) is 0 Å². The van der Waals surface area contributed by atoms with Crippen molar-refractivity contribution in [2.75, 3.05) is 11.9 Å². The number of rotatable bonds is 7. The molecule has 2 aliphatic rings.